The molecule has 37 heavy (non-hydrogen) atoms. The highest BCUT2D eigenvalue weighted by molar-refractivity contribution is 14.1. The molecular formula is C26H23IN2O7S. The Balaban J connectivity index is 1.70. The third kappa shape index (κ3) is 4.61. The van der Waals surface area contributed by atoms with Gasteiger partial charge in [-0.1, -0.05) is 17.4 Å². The number of hydrogen-bond acceptors (Lipinski definition) is 9. The molecule has 2 aromatic carbocycles. The summed E-state index contributed by atoms with van der Waals surface area (Å²) in [5, 5.41) is 10.3. The van der Waals surface area contributed by atoms with Gasteiger partial charge >= 0.3 is 5.97 Å². The van der Waals surface area contributed by atoms with Crippen LogP contribution in [0.5, 0.6) is 23.0 Å². The van der Waals surface area contributed by atoms with Gasteiger partial charge in [0.05, 0.1) is 38.6 Å². The second-order valence-corrected chi connectivity index (χ2v) is 10.4. The van der Waals surface area contributed by atoms with Gasteiger partial charge in [-0.25, -0.2) is 9.79 Å². The number of phenols is 1. The number of benzene rings is 2. The quantitative estimate of drug-likeness (QED) is 0.328. The van der Waals surface area contributed by atoms with E-state index in [4.69, 9.17) is 18.9 Å². The third-order valence-corrected chi connectivity index (χ3v) is 7.68. The highest BCUT2D eigenvalue weighted by Crippen LogP contribution is 2.38. The molecule has 3 heterocycles. The number of fused-ring (bicyclic) bond motifs is 2. The Labute approximate surface area is 229 Å². The van der Waals surface area contributed by atoms with Crippen LogP contribution < -0.4 is 29.1 Å². The topological polar surface area (TPSA) is 109 Å². The average molecular weight is 634 g/mol. The number of allylic oxidation sites excluding steroid dienone is 1. The van der Waals surface area contributed by atoms with Gasteiger partial charge in [-0.05, 0) is 84.8 Å². The van der Waals surface area contributed by atoms with E-state index in [0.29, 0.717) is 53.6 Å². The van der Waals surface area contributed by atoms with Crippen molar-refractivity contribution in [3.8, 4) is 23.0 Å². The number of aromatic nitrogens is 1. The fourth-order valence-electron chi connectivity index (χ4n) is 4.28. The molecule has 0 unspecified atom stereocenters. The Hall–Kier alpha value is -3.32. The number of rotatable bonds is 6. The van der Waals surface area contributed by atoms with E-state index < -0.39 is 12.0 Å². The van der Waals surface area contributed by atoms with Gasteiger partial charge in [-0.15, -0.1) is 0 Å². The molecule has 0 bridgehead atoms. The van der Waals surface area contributed by atoms with Crippen molar-refractivity contribution in [3.05, 3.63) is 76.0 Å². The maximum absolute atomic E-state index is 13.8. The van der Waals surface area contributed by atoms with Crippen LogP contribution in [0.3, 0.4) is 0 Å². The number of halogens is 1. The van der Waals surface area contributed by atoms with E-state index in [1.807, 2.05) is 35.6 Å². The van der Waals surface area contributed by atoms with Gasteiger partial charge in [-0.2, -0.15) is 0 Å². The predicted octanol–water partition coefficient (Wildman–Crippen LogP) is 3.24. The van der Waals surface area contributed by atoms with Gasteiger partial charge in [0.25, 0.3) is 5.56 Å². The van der Waals surface area contributed by atoms with Crippen LogP contribution >= 0.6 is 33.9 Å². The van der Waals surface area contributed by atoms with E-state index in [1.165, 1.54) is 15.9 Å². The number of thiazole rings is 1. The lowest BCUT2D eigenvalue weighted by molar-refractivity contribution is -0.139. The monoisotopic (exact) mass is 634 g/mol. The molecule has 2 aliphatic rings. The number of carbonyl (C=O) groups excluding carboxylic acids is 1. The number of esters is 1. The van der Waals surface area contributed by atoms with Crippen LogP contribution in [0.25, 0.3) is 6.08 Å². The van der Waals surface area contributed by atoms with E-state index in [9.17, 15) is 14.7 Å². The van der Waals surface area contributed by atoms with E-state index in [0.717, 1.165) is 0 Å². The fraction of sp³-hybridized carbons (Fsp3) is 0.269. The van der Waals surface area contributed by atoms with Crippen molar-refractivity contribution in [1.82, 2.24) is 4.57 Å². The summed E-state index contributed by atoms with van der Waals surface area (Å²) in [5.74, 6) is 1.00. The number of aromatic hydroxyl groups is 1. The standard InChI is InChI=1S/C26H23IN2O7S/c1-4-33-19-9-14(8-16(27)23(19)30)10-20-24(31)29-22(15-6-7-17-18(11-15)36-12-35-17)21(25(32)34-5-2)13(3)28-26(29)37-20/h6-11,22,30H,4-5,12H2,1-3H3/b20-10+/t22-/m0/s1. The van der Waals surface area contributed by atoms with Crippen LogP contribution in [0.2, 0.25) is 0 Å². The Bertz CT molecular complexity index is 1620. The van der Waals surface area contributed by atoms with E-state index in [1.54, 1.807) is 44.2 Å². The molecule has 0 amide bonds. The molecule has 1 aromatic heterocycles. The summed E-state index contributed by atoms with van der Waals surface area (Å²) in [7, 11) is 0. The smallest absolute Gasteiger partial charge is 0.338 e. The molecule has 0 radical (unpaired) electrons. The highest BCUT2D eigenvalue weighted by Gasteiger charge is 2.34. The molecule has 1 N–H and O–H groups in total. The molecule has 0 fully saturated rings. The predicted molar refractivity (Wildman–Crippen MR) is 145 cm³/mol. The van der Waals surface area contributed by atoms with Gasteiger partial charge in [0.15, 0.2) is 27.8 Å². The number of phenolic OH excluding ortho intramolecular Hbond substituents is 1. The Morgan fingerprint density at radius 1 is 1.24 bits per heavy atom. The zero-order valence-electron chi connectivity index (χ0n) is 20.2. The van der Waals surface area contributed by atoms with Crippen molar-refractivity contribution in [2.24, 2.45) is 4.99 Å². The summed E-state index contributed by atoms with van der Waals surface area (Å²) >= 11 is 3.24. The van der Waals surface area contributed by atoms with Crippen molar-refractivity contribution < 1.29 is 28.8 Å². The first-order valence-corrected chi connectivity index (χ1v) is 13.5. The summed E-state index contributed by atoms with van der Waals surface area (Å²) in [4.78, 5) is 31.9. The molecule has 5 rings (SSSR count). The van der Waals surface area contributed by atoms with Crippen molar-refractivity contribution in [2.75, 3.05) is 20.0 Å². The van der Waals surface area contributed by atoms with Crippen LogP contribution in [-0.4, -0.2) is 35.6 Å². The second kappa shape index (κ2) is 10.2. The molecular weight excluding hydrogens is 611 g/mol. The molecule has 11 heteroatoms. The normalized spacial score (nSPS) is 16.4. The maximum atomic E-state index is 13.8. The minimum Gasteiger partial charge on any atom is -0.504 e. The van der Waals surface area contributed by atoms with Crippen LogP contribution in [-0.2, 0) is 9.53 Å². The molecule has 0 saturated carbocycles. The minimum absolute atomic E-state index is 0.0542. The Morgan fingerprint density at radius 3 is 2.78 bits per heavy atom. The lowest BCUT2D eigenvalue weighted by Crippen LogP contribution is -2.39. The molecule has 2 aliphatic heterocycles. The van der Waals surface area contributed by atoms with Crippen molar-refractivity contribution in [3.63, 3.8) is 0 Å². The molecule has 1 atom stereocenters. The van der Waals surface area contributed by atoms with Crippen LogP contribution in [0.4, 0.5) is 0 Å². The number of hydrogen-bond donors (Lipinski definition) is 1. The molecule has 0 saturated heterocycles. The second-order valence-electron chi connectivity index (χ2n) is 8.20. The van der Waals surface area contributed by atoms with Crippen LogP contribution in [0.1, 0.15) is 37.9 Å². The summed E-state index contributed by atoms with van der Waals surface area (Å²) < 4.78 is 24.4. The number of carbonyl (C=O) groups is 1. The number of nitrogens with zero attached hydrogens (tertiary/aromatic N) is 2. The molecule has 0 aliphatic carbocycles. The van der Waals surface area contributed by atoms with Gasteiger partial charge in [0.2, 0.25) is 6.79 Å². The fourth-order valence-corrected chi connectivity index (χ4v) is 5.96. The SMILES string of the molecule is CCOC(=O)C1=C(C)N=c2s/c(=C/c3cc(I)c(O)c(OCC)c3)c(=O)n2[C@H]1c1ccc2c(c1)OCO2. The van der Waals surface area contributed by atoms with Crippen LogP contribution in [0.15, 0.2) is 51.4 Å². The molecule has 9 nitrogen and oxygen atoms in total. The van der Waals surface area contributed by atoms with E-state index >= 15 is 0 Å². The van der Waals surface area contributed by atoms with E-state index in [2.05, 4.69) is 4.99 Å². The Morgan fingerprint density at radius 2 is 2.03 bits per heavy atom. The molecule has 0 spiro atoms. The highest BCUT2D eigenvalue weighted by atomic mass is 127. The van der Waals surface area contributed by atoms with Gasteiger partial charge in [0.1, 0.15) is 0 Å². The lowest BCUT2D eigenvalue weighted by atomic mass is 9.95. The number of ether oxygens (including phenoxy) is 4. The van der Waals surface area contributed by atoms with Gasteiger partial charge in [-0.3, -0.25) is 9.36 Å². The van der Waals surface area contributed by atoms with Crippen molar-refractivity contribution in [2.45, 2.75) is 26.8 Å². The Kier molecular flexibility index (Phi) is 6.99. The van der Waals surface area contributed by atoms with Crippen molar-refractivity contribution in [1.29, 1.82) is 0 Å². The van der Waals surface area contributed by atoms with Gasteiger partial charge in [0, 0.05) is 0 Å². The summed E-state index contributed by atoms with van der Waals surface area (Å²) in [6.07, 6.45) is 1.73. The summed E-state index contributed by atoms with van der Waals surface area (Å²) in [5.41, 5.74) is 1.83. The third-order valence-electron chi connectivity index (χ3n) is 5.88. The largest absolute Gasteiger partial charge is 0.504 e. The van der Waals surface area contributed by atoms with Crippen LogP contribution in [0, 0.1) is 3.57 Å². The molecule has 3 aromatic rings. The average Bonchev–Trinajstić information content (AvgIpc) is 3.45. The first-order valence-electron chi connectivity index (χ1n) is 11.6. The maximum Gasteiger partial charge on any atom is 0.338 e. The zero-order chi connectivity index (χ0) is 26.3. The first kappa shape index (κ1) is 25.3. The summed E-state index contributed by atoms with van der Waals surface area (Å²) in [6.45, 7) is 5.98. The van der Waals surface area contributed by atoms with E-state index in [-0.39, 0.29) is 30.3 Å². The summed E-state index contributed by atoms with van der Waals surface area (Å²) in [6, 6.07) is 8.04. The van der Waals surface area contributed by atoms with Gasteiger partial charge < -0.3 is 24.1 Å². The molecule has 192 valence electrons. The first-order chi connectivity index (χ1) is 17.8. The minimum atomic E-state index is -0.758. The lowest BCUT2D eigenvalue weighted by Gasteiger charge is -2.24. The zero-order valence-corrected chi connectivity index (χ0v) is 23.2. The van der Waals surface area contributed by atoms with Crippen molar-refractivity contribution >= 4 is 46.0 Å².